The highest BCUT2D eigenvalue weighted by Crippen LogP contribution is 2.22. The number of fused-ring (bicyclic) bond motifs is 1. The predicted octanol–water partition coefficient (Wildman–Crippen LogP) is 1.59. The molecule has 0 bridgehead atoms. The molecule has 1 N–H and O–H groups in total. The zero-order valence-corrected chi connectivity index (χ0v) is 19.6. The summed E-state index contributed by atoms with van der Waals surface area (Å²) in [7, 11) is 0. The van der Waals surface area contributed by atoms with Crippen LogP contribution in [0.1, 0.15) is 36.5 Å². The number of hydrogen-bond donors (Lipinski definition) is 1. The summed E-state index contributed by atoms with van der Waals surface area (Å²) in [5.74, 6) is -1.08. The van der Waals surface area contributed by atoms with E-state index in [4.69, 9.17) is 0 Å². The van der Waals surface area contributed by atoms with Crippen LogP contribution in [0.5, 0.6) is 0 Å². The fourth-order valence-electron chi connectivity index (χ4n) is 4.81. The Kier molecular flexibility index (Phi) is 7.77. The maximum absolute atomic E-state index is 12.9. The van der Waals surface area contributed by atoms with E-state index in [1.54, 1.807) is 10.8 Å². The van der Waals surface area contributed by atoms with Gasteiger partial charge in [0.15, 0.2) is 0 Å². The first-order valence-electron chi connectivity index (χ1n) is 12.2. The van der Waals surface area contributed by atoms with Crippen molar-refractivity contribution in [2.24, 2.45) is 0 Å². The van der Waals surface area contributed by atoms with Gasteiger partial charge in [-0.05, 0) is 38.4 Å². The van der Waals surface area contributed by atoms with Crippen molar-refractivity contribution in [3.05, 3.63) is 36.0 Å². The largest absolute Gasteiger partial charge is 0.349 e. The van der Waals surface area contributed by atoms with Crippen LogP contribution in [0, 0.1) is 0 Å². The number of carbonyl (C=O) groups is 3. The molecule has 0 spiro atoms. The molecule has 0 atom stereocenters. The molecule has 0 unspecified atom stereocenters. The van der Waals surface area contributed by atoms with Crippen LogP contribution in [0.25, 0.3) is 10.9 Å². The van der Waals surface area contributed by atoms with Gasteiger partial charge in [0, 0.05) is 62.9 Å². The van der Waals surface area contributed by atoms with E-state index < -0.39 is 11.7 Å². The van der Waals surface area contributed by atoms with E-state index in [9.17, 15) is 14.4 Å². The van der Waals surface area contributed by atoms with Gasteiger partial charge in [0.25, 0.3) is 11.7 Å². The monoisotopic (exact) mass is 453 g/mol. The minimum atomic E-state index is -0.584. The second-order valence-corrected chi connectivity index (χ2v) is 8.99. The van der Waals surface area contributed by atoms with Gasteiger partial charge in [0.05, 0.1) is 5.56 Å². The topological polar surface area (TPSA) is 77.9 Å². The van der Waals surface area contributed by atoms with Gasteiger partial charge >= 0.3 is 0 Å². The molecule has 8 heteroatoms. The molecule has 0 aliphatic carbocycles. The van der Waals surface area contributed by atoms with Gasteiger partial charge < -0.3 is 24.6 Å². The van der Waals surface area contributed by atoms with Crippen molar-refractivity contribution in [2.45, 2.75) is 32.7 Å². The maximum atomic E-state index is 12.9. The number of likely N-dealkylation sites (N-methyl/N-ethyl adjacent to an activating group) is 1. The number of benzene rings is 1. The van der Waals surface area contributed by atoms with Crippen molar-refractivity contribution < 1.29 is 14.4 Å². The fraction of sp³-hybridized carbons (Fsp3) is 0.560. The van der Waals surface area contributed by atoms with Crippen LogP contribution in [0.3, 0.4) is 0 Å². The van der Waals surface area contributed by atoms with Crippen LogP contribution < -0.4 is 5.32 Å². The number of para-hydroxylation sites is 1. The van der Waals surface area contributed by atoms with Gasteiger partial charge in [-0.1, -0.05) is 25.1 Å². The van der Waals surface area contributed by atoms with E-state index in [1.165, 1.54) is 0 Å². The Morgan fingerprint density at radius 2 is 1.64 bits per heavy atom. The number of carbonyl (C=O) groups excluding carboxylic acids is 3. The average Bonchev–Trinajstić information content (AvgIpc) is 3.51. The Morgan fingerprint density at radius 3 is 2.36 bits per heavy atom. The molecule has 2 aromatic rings. The summed E-state index contributed by atoms with van der Waals surface area (Å²) < 4.78 is 1.80. The quantitative estimate of drug-likeness (QED) is 0.355. The number of Topliss-reactive ketones (excluding diaryl/α,β-unsaturated/α-hetero) is 1. The number of hydrogen-bond acceptors (Lipinski definition) is 5. The lowest BCUT2D eigenvalue weighted by Gasteiger charge is -2.33. The van der Waals surface area contributed by atoms with Gasteiger partial charge in [-0.25, -0.2) is 0 Å². The number of nitrogens with zero attached hydrogens (tertiary/aromatic N) is 4. The minimum absolute atomic E-state index is 0.0523. The highest BCUT2D eigenvalue weighted by atomic mass is 16.2. The molecule has 0 radical (unpaired) electrons. The lowest BCUT2D eigenvalue weighted by atomic mass is 10.1. The standard InChI is InChI=1S/C25H35N5O3/c1-2-27-14-16-28(17-15-27)11-7-10-26-25(33)24(32)21-18-30(22-9-4-3-8-20(21)22)19-23(31)29-12-5-6-13-29/h3-4,8-9,18H,2,5-7,10-17,19H2,1H3,(H,26,33). The molecule has 0 saturated carbocycles. The molecule has 2 saturated heterocycles. The van der Waals surface area contributed by atoms with E-state index in [2.05, 4.69) is 22.0 Å². The fourth-order valence-corrected chi connectivity index (χ4v) is 4.81. The Hall–Kier alpha value is -2.71. The molecule has 33 heavy (non-hydrogen) atoms. The highest BCUT2D eigenvalue weighted by Gasteiger charge is 2.24. The maximum Gasteiger partial charge on any atom is 0.292 e. The Bertz CT molecular complexity index is 987. The molecular formula is C25H35N5O3. The number of rotatable bonds is 9. The summed E-state index contributed by atoms with van der Waals surface area (Å²) in [5, 5.41) is 3.50. The molecule has 1 aromatic heterocycles. The van der Waals surface area contributed by atoms with Crippen molar-refractivity contribution in [1.82, 2.24) is 24.6 Å². The molecule has 2 amide bonds. The van der Waals surface area contributed by atoms with Crippen LogP contribution in [0.2, 0.25) is 0 Å². The zero-order chi connectivity index (χ0) is 23.2. The van der Waals surface area contributed by atoms with Gasteiger partial charge in [-0.2, -0.15) is 0 Å². The Balaban J connectivity index is 1.33. The number of aromatic nitrogens is 1. The lowest BCUT2D eigenvalue weighted by Crippen LogP contribution is -2.46. The first-order valence-corrected chi connectivity index (χ1v) is 12.2. The summed E-state index contributed by atoms with van der Waals surface area (Å²) in [6, 6.07) is 7.46. The second kappa shape index (κ2) is 10.9. The van der Waals surface area contributed by atoms with E-state index in [0.29, 0.717) is 17.5 Å². The number of nitrogens with one attached hydrogen (secondary N) is 1. The molecule has 8 nitrogen and oxygen atoms in total. The molecular weight excluding hydrogens is 418 g/mol. The number of piperazine rings is 1. The third kappa shape index (κ3) is 5.62. The van der Waals surface area contributed by atoms with Crippen molar-refractivity contribution >= 4 is 28.5 Å². The van der Waals surface area contributed by atoms with Gasteiger partial charge in [0.1, 0.15) is 6.54 Å². The second-order valence-electron chi connectivity index (χ2n) is 8.99. The third-order valence-electron chi connectivity index (χ3n) is 6.85. The van der Waals surface area contributed by atoms with Crippen molar-refractivity contribution in [2.75, 3.05) is 58.9 Å². The lowest BCUT2D eigenvalue weighted by molar-refractivity contribution is -0.130. The van der Waals surface area contributed by atoms with Crippen LogP contribution >= 0.6 is 0 Å². The van der Waals surface area contributed by atoms with Crippen LogP contribution in [-0.4, -0.2) is 95.8 Å². The van der Waals surface area contributed by atoms with Gasteiger partial charge in [-0.3, -0.25) is 14.4 Å². The zero-order valence-electron chi connectivity index (χ0n) is 19.6. The Labute approximate surface area is 195 Å². The summed E-state index contributed by atoms with van der Waals surface area (Å²) in [6.45, 7) is 10.7. The summed E-state index contributed by atoms with van der Waals surface area (Å²) in [6.07, 6.45) is 4.55. The molecule has 2 aliphatic heterocycles. The van der Waals surface area contributed by atoms with E-state index in [1.807, 2.05) is 29.2 Å². The normalized spacial score (nSPS) is 17.5. The van der Waals surface area contributed by atoms with Gasteiger partial charge in [-0.15, -0.1) is 0 Å². The summed E-state index contributed by atoms with van der Waals surface area (Å²) in [5.41, 5.74) is 1.15. The Morgan fingerprint density at radius 1 is 0.939 bits per heavy atom. The molecule has 2 aliphatic rings. The van der Waals surface area contributed by atoms with Crippen molar-refractivity contribution in [3.63, 3.8) is 0 Å². The molecule has 2 fully saturated rings. The molecule has 4 rings (SSSR count). The van der Waals surface area contributed by atoms with Crippen molar-refractivity contribution in [1.29, 1.82) is 0 Å². The number of likely N-dealkylation sites (tertiary alicyclic amines) is 1. The van der Waals surface area contributed by atoms with Crippen LogP contribution in [0.15, 0.2) is 30.5 Å². The SMILES string of the molecule is CCN1CCN(CCCNC(=O)C(=O)c2cn(CC(=O)N3CCCC3)c3ccccc23)CC1. The van der Waals surface area contributed by atoms with E-state index in [-0.39, 0.29) is 12.5 Å². The van der Waals surface area contributed by atoms with Crippen molar-refractivity contribution in [3.8, 4) is 0 Å². The van der Waals surface area contributed by atoms with Crippen LogP contribution in [-0.2, 0) is 16.1 Å². The first kappa shape index (κ1) is 23.4. The molecule has 3 heterocycles. The number of amides is 2. The smallest absolute Gasteiger partial charge is 0.292 e. The predicted molar refractivity (Wildman–Crippen MR) is 128 cm³/mol. The van der Waals surface area contributed by atoms with Gasteiger partial charge in [0.2, 0.25) is 5.91 Å². The minimum Gasteiger partial charge on any atom is -0.349 e. The number of ketones is 1. The highest BCUT2D eigenvalue weighted by molar-refractivity contribution is 6.45. The van der Waals surface area contributed by atoms with E-state index in [0.717, 1.165) is 77.1 Å². The third-order valence-corrected chi connectivity index (χ3v) is 6.85. The first-order chi connectivity index (χ1) is 16.1. The summed E-state index contributed by atoms with van der Waals surface area (Å²) in [4.78, 5) is 44.9. The van der Waals surface area contributed by atoms with Crippen LogP contribution in [0.4, 0.5) is 0 Å². The summed E-state index contributed by atoms with van der Waals surface area (Å²) >= 11 is 0. The molecule has 178 valence electrons. The average molecular weight is 454 g/mol. The van der Waals surface area contributed by atoms with E-state index >= 15 is 0 Å². The molecule has 1 aromatic carbocycles.